The van der Waals surface area contributed by atoms with Crippen LogP contribution in [-0.2, 0) is 21.7 Å². The van der Waals surface area contributed by atoms with E-state index in [4.69, 9.17) is 20.4 Å². The van der Waals surface area contributed by atoms with E-state index < -0.39 is 23.9 Å². The van der Waals surface area contributed by atoms with E-state index in [2.05, 4.69) is 0 Å². The molecule has 9 heteroatoms. The fraction of sp³-hybridized carbons (Fsp3) is 0. The predicted octanol–water partition coefficient (Wildman–Crippen LogP) is 4.47. The van der Waals surface area contributed by atoms with Crippen molar-refractivity contribution in [1.82, 2.24) is 0 Å². The summed E-state index contributed by atoms with van der Waals surface area (Å²) >= 11 is 0. The zero-order valence-electron chi connectivity index (χ0n) is 16.9. The van der Waals surface area contributed by atoms with Gasteiger partial charge in [0.25, 0.3) is 0 Å². The van der Waals surface area contributed by atoms with Gasteiger partial charge in [0.2, 0.25) is 0 Å². The molecule has 4 N–H and O–H groups in total. The summed E-state index contributed by atoms with van der Waals surface area (Å²) in [4.78, 5) is 43.6. The molecule has 0 fully saturated rings. The second-order valence-corrected chi connectivity index (χ2v) is 6.71. The van der Waals surface area contributed by atoms with Crippen LogP contribution in [0.1, 0.15) is 41.4 Å². The average molecular weight is 480 g/mol. The Hall–Kier alpha value is -4.01. The molecule has 0 amide bonds. The van der Waals surface area contributed by atoms with Crippen molar-refractivity contribution < 1.29 is 61.3 Å². The fourth-order valence-corrected chi connectivity index (χ4v) is 3.22. The Bertz CT molecular complexity index is 1290. The molecule has 164 valence electrons. The number of carboxylic acid groups (broad SMARTS) is 4. The number of fused-ring (bicyclic) bond motifs is 2. The van der Waals surface area contributed by atoms with Crippen LogP contribution in [0.2, 0.25) is 0 Å². The third kappa shape index (κ3) is 5.62. The first-order valence-corrected chi connectivity index (χ1v) is 9.18. The molecule has 0 aliphatic carbocycles. The third-order valence-corrected chi connectivity index (χ3v) is 4.68. The van der Waals surface area contributed by atoms with E-state index in [1.165, 1.54) is 24.3 Å². The minimum absolute atomic E-state index is 0. The second-order valence-electron chi connectivity index (χ2n) is 6.71. The monoisotopic (exact) mass is 480 g/mol. The van der Waals surface area contributed by atoms with Gasteiger partial charge in [0.1, 0.15) is 0 Å². The van der Waals surface area contributed by atoms with Gasteiger partial charge < -0.3 is 20.4 Å². The van der Waals surface area contributed by atoms with Gasteiger partial charge in [0.15, 0.2) is 0 Å². The summed E-state index contributed by atoms with van der Waals surface area (Å²) in [6.45, 7) is 0. The summed E-state index contributed by atoms with van der Waals surface area (Å²) in [6, 6.07) is 18.9. The van der Waals surface area contributed by atoms with Crippen molar-refractivity contribution in [3.05, 3.63) is 95.1 Å². The van der Waals surface area contributed by atoms with Crippen LogP contribution < -0.4 is 0 Å². The number of carbonyl (C=O) groups is 4. The maximum atomic E-state index is 11.0. The Morgan fingerprint density at radius 2 is 0.818 bits per heavy atom. The van der Waals surface area contributed by atoms with Crippen LogP contribution in [0.25, 0.3) is 21.5 Å². The van der Waals surface area contributed by atoms with Gasteiger partial charge in [-0.25, -0.2) is 19.2 Å². The molecule has 0 atom stereocenters. The molecule has 0 bridgehead atoms. The third-order valence-electron chi connectivity index (χ3n) is 4.68. The van der Waals surface area contributed by atoms with Gasteiger partial charge in [-0.3, -0.25) is 0 Å². The Balaban J connectivity index is 0.000000227. The Morgan fingerprint density at radius 1 is 0.485 bits per heavy atom. The van der Waals surface area contributed by atoms with Crippen molar-refractivity contribution in [2.24, 2.45) is 0 Å². The predicted molar refractivity (Wildman–Crippen MR) is 116 cm³/mol. The van der Waals surface area contributed by atoms with Crippen molar-refractivity contribution in [3.8, 4) is 0 Å². The number of benzene rings is 4. The van der Waals surface area contributed by atoms with Crippen LogP contribution in [0.4, 0.5) is 0 Å². The topological polar surface area (TPSA) is 149 Å². The normalized spacial score (nSPS) is 9.94. The first-order chi connectivity index (χ1) is 15.2. The van der Waals surface area contributed by atoms with Gasteiger partial charge in [0.05, 0.1) is 22.3 Å². The van der Waals surface area contributed by atoms with E-state index in [9.17, 15) is 19.2 Å². The standard InChI is InChI=1S/2C12H8O4.Ti/c2*13-11(14)8-5-7-3-1-2-4-9(7)10(6-8)12(15)16;/h2*1-6H,(H,13,14)(H,15,16);. The second kappa shape index (κ2) is 10.5. The zero-order chi connectivity index (χ0) is 23.4. The SMILES string of the molecule is O=C(O)c1cc(C(=O)O)c2ccccc2c1.O=C(O)c1cc(C(=O)O)c2ccccc2c1.[Ti]. The molecule has 0 aliphatic rings. The van der Waals surface area contributed by atoms with Crippen LogP contribution in [0.3, 0.4) is 0 Å². The maximum absolute atomic E-state index is 11.0. The Labute approximate surface area is 201 Å². The zero-order valence-corrected chi connectivity index (χ0v) is 18.4. The molecule has 0 saturated carbocycles. The van der Waals surface area contributed by atoms with E-state index in [0.717, 1.165) is 0 Å². The molecule has 4 aromatic rings. The number of carboxylic acids is 4. The van der Waals surface area contributed by atoms with Gasteiger partial charge in [-0.1, -0.05) is 48.5 Å². The van der Waals surface area contributed by atoms with E-state index in [-0.39, 0.29) is 44.0 Å². The van der Waals surface area contributed by atoms with E-state index in [1.807, 2.05) is 0 Å². The number of hydrogen-bond donors (Lipinski definition) is 4. The van der Waals surface area contributed by atoms with Crippen LogP contribution in [0.15, 0.2) is 72.8 Å². The van der Waals surface area contributed by atoms with Gasteiger partial charge in [-0.05, 0) is 45.8 Å². The molecule has 0 unspecified atom stereocenters. The summed E-state index contributed by atoms with van der Waals surface area (Å²) < 4.78 is 0. The fourth-order valence-electron chi connectivity index (χ4n) is 3.22. The van der Waals surface area contributed by atoms with E-state index >= 15 is 0 Å². The smallest absolute Gasteiger partial charge is 0.336 e. The quantitative estimate of drug-likeness (QED) is 0.313. The Kier molecular flexibility index (Phi) is 8.07. The van der Waals surface area contributed by atoms with Crippen molar-refractivity contribution in [2.45, 2.75) is 0 Å². The van der Waals surface area contributed by atoms with Crippen LogP contribution >= 0.6 is 0 Å². The average Bonchev–Trinajstić information content (AvgIpc) is 2.77. The minimum Gasteiger partial charge on any atom is -0.478 e. The molecular weight excluding hydrogens is 464 g/mol. The number of aromatic carboxylic acids is 4. The number of hydrogen-bond acceptors (Lipinski definition) is 4. The van der Waals surface area contributed by atoms with Crippen LogP contribution in [0.5, 0.6) is 0 Å². The molecule has 8 nitrogen and oxygen atoms in total. The maximum Gasteiger partial charge on any atom is 0.336 e. The van der Waals surface area contributed by atoms with Gasteiger partial charge in [-0.2, -0.15) is 0 Å². The summed E-state index contributed by atoms with van der Waals surface area (Å²) in [5.74, 6) is -4.51. The largest absolute Gasteiger partial charge is 0.478 e. The molecule has 0 aromatic heterocycles. The van der Waals surface area contributed by atoms with Gasteiger partial charge in [-0.15, -0.1) is 0 Å². The summed E-state index contributed by atoms with van der Waals surface area (Å²) in [5, 5.41) is 38.0. The molecule has 0 radical (unpaired) electrons. The molecule has 4 rings (SSSR count). The van der Waals surface area contributed by atoms with Crippen molar-refractivity contribution in [2.75, 3.05) is 0 Å². The Morgan fingerprint density at radius 3 is 1.12 bits per heavy atom. The van der Waals surface area contributed by atoms with Crippen molar-refractivity contribution in [1.29, 1.82) is 0 Å². The van der Waals surface area contributed by atoms with Gasteiger partial charge >= 0.3 is 23.9 Å². The molecular formula is C24H16O8Ti. The van der Waals surface area contributed by atoms with Crippen LogP contribution in [0, 0.1) is 0 Å². The van der Waals surface area contributed by atoms with Gasteiger partial charge in [0, 0.05) is 21.7 Å². The van der Waals surface area contributed by atoms with Crippen molar-refractivity contribution >= 4 is 45.4 Å². The first kappa shape index (κ1) is 25.3. The molecule has 4 aromatic carbocycles. The minimum atomic E-state index is -1.13. The number of rotatable bonds is 4. The van der Waals surface area contributed by atoms with Crippen LogP contribution in [-0.4, -0.2) is 44.3 Å². The molecule has 0 spiro atoms. The van der Waals surface area contributed by atoms with E-state index in [1.54, 1.807) is 48.5 Å². The molecule has 0 heterocycles. The van der Waals surface area contributed by atoms with E-state index in [0.29, 0.717) is 21.5 Å². The first-order valence-electron chi connectivity index (χ1n) is 9.18. The molecule has 0 aliphatic heterocycles. The summed E-state index contributed by atoms with van der Waals surface area (Å²) in [7, 11) is 0. The molecule has 33 heavy (non-hydrogen) atoms. The summed E-state index contributed by atoms with van der Waals surface area (Å²) in [5.41, 5.74) is -0.0156. The summed E-state index contributed by atoms with van der Waals surface area (Å²) in [6.07, 6.45) is 0. The molecule has 0 saturated heterocycles. The van der Waals surface area contributed by atoms with Crippen molar-refractivity contribution in [3.63, 3.8) is 0 Å².